The second-order valence-corrected chi connectivity index (χ2v) is 19.9. The molecule has 0 bridgehead atoms. The summed E-state index contributed by atoms with van der Waals surface area (Å²) in [6.45, 7) is 7.16. The molecule has 0 aliphatic rings. The molecular formula is C56H55Cl4K2LiN12O17S3. The van der Waals surface area contributed by atoms with Crippen molar-refractivity contribution in [2.24, 2.45) is 0 Å². The number of ether oxygens (including phenoxy) is 3. The topological polar surface area (TPSA) is 512 Å². The number of methoxy groups -OCH3 is 2. The van der Waals surface area contributed by atoms with Crippen molar-refractivity contribution in [1.29, 1.82) is 21.0 Å². The molecule has 0 fully saturated rings. The summed E-state index contributed by atoms with van der Waals surface area (Å²) in [5.74, 6) is -2.78. The predicted octanol–water partition coefficient (Wildman–Crippen LogP) is -1.87. The van der Waals surface area contributed by atoms with Crippen LogP contribution < -0.4 is 143 Å². The molecule has 0 aliphatic heterocycles. The third-order valence-electron chi connectivity index (χ3n) is 9.89. The van der Waals surface area contributed by atoms with E-state index in [1.165, 1.54) is 40.2 Å². The number of carboxylic acids is 1. The molecular weight excluding hydrogens is 1440 g/mol. The molecule has 29 nitrogen and oxygen atoms in total. The van der Waals surface area contributed by atoms with Gasteiger partial charge in [0.15, 0.2) is 5.69 Å². The van der Waals surface area contributed by atoms with Crippen LogP contribution in [0, 0.1) is 64.4 Å². The van der Waals surface area contributed by atoms with Crippen LogP contribution in [-0.2, 0) is 64.5 Å². The standard InChI is InChI=1S/C10H10N2O3S.C9H8N2O3S.C8H7ClN2.2C7H5ClN2O.C7H5ClN2.C4H6O3.C3H6O2S.CH2O3.2K.Li.H2O.H/c1-15-10(14)8-7(11)6-3-2-5(4-13)12-9(6)16-8;10-6-5-2-1-4(3-12)11-8(5)15-7(6)9(13)14;1-2-7-4-3-6(5-10)8(9)11-7;1-5-2-3-6(4-9)7(8)10(5)11;8-7-5(3-9)1-2-6(4-11)10-7;1-5-2-3-6(4-9)7(8)10-5;1-3(5)7-4(2)6;1-5-3(4)2-6;2-1-4-3;;;;;/h2-3,13H,4,11H2,1H3;1-2,12H,3,10H2,(H,13,14);3-4H,2H2,1H3;2-3H,1H3;1-2,11H,4H2;2-3H,1H3;1-2H3;6H,2H2,1H3;1,3H;;;;1H2;/q;;;;;;;;;3*+1;;-1/p-2. The van der Waals surface area contributed by atoms with Gasteiger partial charge in [0.25, 0.3) is 6.47 Å². The maximum atomic E-state index is 11.4. The quantitative estimate of drug-likeness (QED) is 0.00749. The van der Waals surface area contributed by atoms with E-state index in [0.717, 1.165) is 40.5 Å². The fraction of sp³-hybridized carbons (Fsp3) is 0.214. The second kappa shape index (κ2) is 54.4. The number of thiophene rings is 2. The Morgan fingerprint density at radius 1 is 0.653 bits per heavy atom. The number of hydrogen-bond donors (Lipinski definition) is 7. The Kier molecular flexibility index (Phi) is 56.1. The Balaban J connectivity index is -0.000000241. The van der Waals surface area contributed by atoms with E-state index in [9.17, 15) is 29.2 Å². The number of esters is 4. The molecule has 8 aromatic heterocycles. The molecule has 39 heteroatoms. The van der Waals surface area contributed by atoms with Crippen molar-refractivity contribution in [2.75, 3.05) is 31.4 Å². The minimum atomic E-state index is -1.05. The maximum absolute atomic E-state index is 11.4. The van der Waals surface area contributed by atoms with Gasteiger partial charge in [-0.25, -0.2) is 34.5 Å². The Bertz CT molecular complexity index is 3920. The molecule has 0 unspecified atom stereocenters. The van der Waals surface area contributed by atoms with Gasteiger partial charge in [-0.1, -0.05) is 41.7 Å². The number of halogens is 4. The predicted molar refractivity (Wildman–Crippen MR) is 339 cm³/mol. The molecule has 9 N–H and O–H groups in total. The number of anilines is 2. The SMILES string of the molecule is CC(=O)OC(C)=O.CCc1ccc(C#N)c(Cl)n1.COC(=O)CS.COC(=O)c1sc2nc(CO)ccc2c1N.Cc1ccc(C#N)c(Cl)[n+]1[O-].Cc1ccc(C#N)c(Cl)n1.N#Cc1ccc(CO)nc1Cl.Nc1c(C(=O)O)sc2nc(CO)ccc12.O=CO[O-].[H-].[K+].[K+].[Li+].[OH-]. The van der Waals surface area contributed by atoms with E-state index in [4.69, 9.17) is 109 Å². The number of pyridine rings is 6. The number of carbonyl (C=O) groups excluding carboxylic acids is 5. The fourth-order valence-electron chi connectivity index (χ4n) is 5.61. The number of aryl methyl sites for hydroxylation is 3. The molecule has 95 heavy (non-hydrogen) atoms. The molecule has 0 saturated carbocycles. The largest absolute Gasteiger partial charge is 1.00 e. The van der Waals surface area contributed by atoms with Gasteiger partial charge in [0.1, 0.15) is 64.7 Å². The summed E-state index contributed by atoms with van der Waals surface area (Å²) in [6, 6.07) is 27.3. The normalized spacial score (nSPS) is 8.88. The van der Waals surface area contributed by atoms with Gasteiger partial charge >= 0.3 is 157 Å². The number of aromatic carboxylic acids is 1. The van der Waals surface area contributed by atoms with Crippen LogP contribution in [0.1, 0.15) is 98.0 Å². The smallest absolute Gasteiger partial charge is 1.00 e. The zero-order valence-corrected chi connectivity index (χ0v) is 63.9. The van der Waals surface area contributed by atoms with Gasteiger partial charge in [-0.2, -0.15) is 38.4 Å². The number of aliphatic hydroxyl groups excluding tert-OH is 3. The molecule has 490 valence electrons. The van der Waals surface area contributed by atoms with Crippen molar-refractivity contribution >= 4 is 150 Å². The molecule has 8 aromatic rings. The number of thiol groups is 1. The van der Waals surface area contributed by atoms with E-state index in [-0.39, 0.29) is 198 Å². The van der Waals surface area contributed by atoms with Crippen LogP contribution in [0.4, 0.5) is 11.4 Å². The summed E-state index contributed by atoms with van der Waals surface area (Å²) >= 11 is 28.2. The number of carboxylic acid groups (broad SMARTS) is 1. The van der Waals surface area contributed by atoms with E-state index >= 15 is 0 Å². The average molecular weight is 1490 g/mol. The number of aromatic nitrogens is 6. The van der Waals surface area contributed by atoms with Gasteiger partial charge in [-0.3, -0.25) is 19.2 Å². The van der Waals surface area contributed by atoms with E-state index in [1.807, 2.05) is 44.2 Å². The van der Waals surface area contributed by atoms with Gasteiger partial charge in [0.05, 0.1) is 84.9 Å². The van der Waals surface area contributed by atoms with Gasteiger partial charge in [-0.05, 0) is 91.7 Å². The van der Waals surface area contributed by atoms with Crippen LogP contribution in [0.15, 0.2) is 72.8 Å². The molecule has 8 heterocycles. The van der Waals surface area contributed by atoms with E-state index in [1.54, 1.807) is 61.5 Å². The fourth-order valence-corrected chi connectivity index (χ4v) is 8.63. The van der Waals surface area contributed by atoms with Crippen LogP contribution in [0.25, 0.3) is 20.4 Å². The first-order chi connectivity index (χ1) is 43.1. The van der Waals surface area contributed by atoms with E-state index in [0.29, 0.717) is 80.3 Å². The maximum Gasteiger partial charge on any atom is 1.00 e. The Morgan fingerprint density at radius 2 is 1.02 bits per heavy atom. The van der Waals surface area contributed by atoms with Gasteiger partial charge in [0.2, 0.25) is 0 Å². The molecule has 0 saturated heterocycles. The molecule has 0 aliphatic carbocycles. The monoisotopic (exact) mass is 1490 g/mol. The average Bonchev–Trinajstić information content (AvgIpc) is 1.66. The van der Waals surface area contributed by atoms with Crippen LogP contribution in [0.2, 0.25) is 20.6 Å². The number of nitrogen functional groups attached to an aromatic ring is 2. The third-order valence-corrected chi connectivity index (χ3v) is 13.6. The summed E-state index contributed by atoms with van der Waals surface area (Å²) in [4.78, 5) is 84.5. The van der Waals surface area contributed by atoms with Crippen molar-refractivity contribution in [3.05, 3.63) is 165 Å². The Hall–Kier alpha value is -5.62. The van der Waals surface area contributed by atoms with Gasteiger partial charge in [-0.15, -0.1) is 22.7 Å². The molecule has 0 amide bonds. The summed E-state index contributed by atoms with van der Waals surface area (Å²) in [5.41, 5.74) is 17.2. The molecule has 0 radical (unpaired) electrons. The van der Waals surface area contributed by atoms with Crippen molar-refractivity contribution in [3.63, 3.8) is 0 Å². The van der Waals surface area contributed by atoms with Crippen LogP contribution in [-0.4, -0.2) is 107 Å². The van der Waals surface area contributed by atoms with Crippen molar-refractivity contribution in [1.82, 2.24) is 24.9 Å². The van der Waals surface area contributed by atoms with Gasteiger partial charge in [0, 0.05) is 49.0 Å². The molecule has 0 aromatic carbocycles. The number of nitriles is 4. The molecule has 0 spiro atoms. The van der Waals surface area contributed by atoms with Crippen LogP contribution >= 0.6 is 81.7 Å². The van der Waals surface area contributed by atoms with Crippen LogP contribution in [0.3, 0.4) is 0 Å². The number of nitrogens with two attached hydrogens (primary N) is 2. The van der Waals surface area contributed by atoms with E-state index in [2.05, 4.69) is 56.6 Å². The zero-order chi connectivity index (χ0) is 69.5. The number of nitrogens with zero attached hydrogens (tertiary/aromatic N) is 10. The van der Waals surface area contributed by atoms with Crippen LogP contribution in [0.5, 0.6) is 0 Å². The van der Waals surface area contributed by atoms with Crippen molar-refractivity contribution < 1.29 is 207 Å². The summed E-state index contributed by atoms with van der Waals surface area (Å²) < 4.78 is 13.3. The first kappa shape index (κ1) is 98.1. The summed E-state index contributed by atoms with van der Waals surface area (Å²) in [7, 11) is 2.64. The Labute approximate surface area is 675 Å². The minimum Gasteiger partial charge on any atom is -1.00 e. The van der Waals surface area contributed by atoms with Gasteiger partial charge < -0.3 is 68.4 Å². The molecule has 0 atom stereocenters. The van der Waals surface area contributed by atoms with E-state index < -0.39 is 23.9 Å². The number of fused-ring (bicyclic) bond motifs is 2. The zero-order valence-electron chi connectivity index (χ0n) is 53.1. The number of carbonyl (C=O) groups is 6. The minimum absolute atomic E-state index is 0. The first-order valence-electron chi connectivity index (χ1n) is 24.6. The second-order valence-electron chi connectivity index (χ2n) is 16.1. The van der Waals surface area contributed by atoms with Crippen molar-refractivity contribution in [3.8, 4) is 24.3 Å². The first-order valence-corrected chi connectivity index (χ1v) is 28.4. The number of aliphatic hydroxyl groups is 3. The van der Waals surface area contributed by atoms with Crippen molar-refractivity contribution in [2.45, 2.75) is 60.9 Å². The number of rotatable bonds is 8. The number of hydrogen-bond acceptors (Lipinski definition) is 30. The summed E-state index contributed by atoms with van der Waals surface area (Å²) in [6.07, 6.45) is 0.839. The third kappa shape index (κ3) is 36.0. The summed E-state index contributed by atoms with van der Waals surface area (Å²) in [5, 5.41) is 90.5. The Morgan fingerprint density at radius 3 is 1.35 bits per heavy atom. The molecule has 8 rings (SSSR count).